The Hall–Kier alpha value is -0.770. The molecule has 0 unspecified atom stereocenters. The van der Waals surface area contributed by atoms with E-state index in [0.29, 0.717) is 6.61 Å². The fourth-order valence-corrected chi connectivity index (χ4v) is 2.49. The molecule has 4 heteroatoms. The van der Waals surface area contributed by atoms with Crippen LogP contribution in [0.15, 0.2) is 12.1 Å². The molecule has 0 radical (unpaired) electrons. The molecular weight excluding hydrogens is 250 g/mol. The molecule has 0 spiro atoms. The van der Waals surface area contributed by atoms with Crippen LogP contribution in [0.3, 0.4) is 0 Å². The Morgan fingerprint density at radius 2 is 2.22 bits per heavy atom. The van der Waals surface area contributed by atoms with Gasteiger partial charge in [0.25, 0.3) is 0 Å². The van der Waals surface area contributed by atoms with Crippen molar-refractivity contribution in [3.8, 4) is 5.75 Å². The average molecular weight is 270 g/mol. The Kier molecular flexibility index (Phi) is 4.15. The van der Waals surface area contributed by atoms with Crippen molar-refractivity contribution in [2.24, 2.45) is 0 Å². The van der Waals surface area contributed by atoms with Crippen molar-refractivity contribution < 1.29 is 9.47 Å². The maximum absolute atomic E-state index is 6.13. The number of halogens is 1. The van der Waals surface area contributed by atoms with Gasteiger partial charge in [0, 0.05) is 36.2 Å². The van der Waals surface area contributed by atoms with Crippen molar-refractivity contribution in [2.75, 3.05) is 20.3 Å². The van der Waals surface area contributed by atoms with Gasteiger partial charge in [-0.3, -0.25) is 0 Å². The minimum absolute atomic E-state index is 0.0669. The van der Waals surface area contributed by atoms with E-state index in [-0.39, 0.29) is 5.54 Å². The maximum Gasteiger partial charge on any atom is 0.127 e. The van der Waals surface area contributed by atoms with E-state index < -0.39 is 0 Å². The first kappa shape index (κ1) is 13.7. The lowest BCUT2D eigenvalue weighted by Gasteiger charge is -2.26. The molecule has 100 valence electrons. The van der Waals surface area contributed by atoms with Crippen molar-refractivity contribution in [3.63, 3.8) is 0 Å². The number of benzene rings is 1. The molecule has 18 heavy (non-hydrogen) atoms. The first-order valence-electron chi connectivity index (χ1n) is 6.20. The quantitative estimate of drug-likeness (QED) is 0.892. The molecule has 0 fully saturated rings. The van der Waals surface area contributed by atoms with Gasteiger partial charge in [-0.25, -0.2) is 0 Å². The molecular formula is C14H20ClNO2. The van der Waals surface area contributed by atoms with Crippen molar-refractivity contribution in [3.05, 3.63) is 28.3 Å². The maximum atomic E-state index is 6.13. The van der Waals surface area contributed by atoms with Gasteiger partial charge >= 0.3 is 0 Å². The number of hydrogen-bond acceptors (Lipinski definition) is 3. The molecule has 1 heterocycles. The summed E-state index contributed by atoms with van der Waals surface area (Å²) < 4.78 is 10.9. The molecule has 2 rings (SSSR count). The van der Waals surface area contributed by atoms with Crippen LogP contribution in [0, 0.1) is 0 Å². The number of hydrogen-bond donors (Lipinski definition) is 1. The molecule has 0 aromatic heterocycles. The van der Waals surface area contributed by atoms with E-state index in [1.165, 1.54) is 5.56 Å². The van der Waals surface area contributed by atoms with E-state index in [4.69, 9.17) is 21.1 Å². The Morgan fingerprint density at radius 3 is 2.94 bits per heavy atom. The van der Waals surface area contributed by atoms with Crippen LogP contribution in [0.1, 0.15) is 25.0 Å². The molecule has 1 aliphatic heterocycles. The van der Waals surface area contributed by atoms with E-state index >= 15 is 0 Å². The van der Waals surface area contributed by atoms with Crippen LogP contribution in [-0.4, -0.2) is 25.9 Å². The molecule has 1 aromatic rings. The van der Waals surface area contributed by atoms with E-state index in [0.717, 1.165) is 35.9 Å². The van der Waals surface area contributed by atoms with E-state index in [9.17, 15) is 0 Å². The zero-order valence-electron chi connectivity index (χ0n) is 11.2. The van der Waals surface area contributed by atoms with Gasteiger partial charge < -0.3 is 14.8 Å². The van der Waals surface area contributed by atoms with Gasteiger partial charge in [-0.05, 0) is 31.5 Å². The topological polar surface area (TPSA) is 30.5 Å². The number of ether oxygens (including phenoxy) is 2. The predicted octanol–water partition coefficient (Wildman–Crippen LogP) is 2.79. The van der Waals surface area contributed by atoms with Gasteiger partial charge in [0.15, 0.2) is 0 Å². The molecule has 0 saturated heterocycles. The molecule has 1 aromatic carbocycles. The third-order valence-corrected chi connectivity index (χ3v) is 3.31. The lowest BCUT2D eigenvalue weighted by Crippen LogP contribution is -2.42. The minimum Gasteiger partial charge on any atom is -0.493 e. The fraction of sp³-hybridized carbons (Fsp3) is 0.571. The lowest BCUT2D eigenvalue weighted by atomic mass is 10.0. The van der Waals surface area contributed by atoms with E-state index in [2.05, 4.69) is 19.2 Å². The third kappa shape index (κ3) is 3.16. The molecule has 0 aliphatic carbocycles. The number of fused-ring (bicyclic) bond motifs is 1. The molecule has 0 saturated carbocycles. The van der Waals surface area contributed by atoms with E-state index in [1.54, 1.807) is 7.11 Å². The van der Waals surface area contributed by atoms with Gasteiger partial charge in [0.2, 0.25) is 0 Å². The highest BCUT2D eigenvalue weighted by molar-refractivity contribution is 6.30. The summed E-state index contributed by atoms with van der Waals surface area (Å²) in [5, 5.41) is 4.25. The van der Waals surface area contributed by atoms with Gasteiger partial charge in [-0.1, -0.05) is 11.6 Å². The van der Waals surface area contributed by atoms with Crippen molar-refractivity contribution >= 4 is 11.6 Å². The molecule has 0 bridgehead atoms. The Bertz CT molecular complexity index is 432. The van der Waals surface area contributed by atoms with Crippen LogP contribution in [0.25, 0.3) is 0 Å². The van der Waals surface area contributed by atoms with Crippen LogP contribution in [0.5, 0.6) is 5.75 Å². The van der Waals surface area contributed by atoms with E-state index in [1.807, 2.05) is 12.1 Å². The van der Waals surface area contributed by atoms with Crippen molar-refractivity contribution in [1.29, 1.82) is 0 Å². The van der Waals surface area contributed by atoms with Crippen molar-refractivity contribution in [2.45, 2.75) is 32.4 Å². The number of rotatable bonds is 5. The summed E-state index contributed by atoms with van der Waals surface area (Å²) in [7, 11) is 1.71. The third-order valence-electron chi connectivity index (χ3n) is 3.09. The summed E-state index contributed by atoms with van der Waals surface area (Å²) >= 11 is 6.13. The van der Waals surface area contributed by atoms with Crippen LogP contribution < -0.4 is 10.1 Å². The monoisotopic (exact) mass is 269 g/mol. The summed E-state index contributed by atoms with van der Waals surface area (Å²) in [6.07, 6.45) is 0.949. The van der Waals surface area contributed by atoms with Gasteiger partial charge in [0.1, 0.15) is 5.75 Å². The van der Waals surface area contributed by atoms with Gasteiger partial charge in [0.05, 0.1) is 13.2 Å². The van der Waals surface area contributed by atoms with Crippen molar-refractivity contribution in [1.82, 2.24) is 5.32 Å². The lowest BCUT2D eigenvalue weighted by molar-refractivity contribution is 0.127. The fourth-order valence-electron chi connectivity index (χ4n) is 2.22. The highest BCUT2D eigenvalue weighted by atomic mass is 35.5. The summed E-state index contributed by atoms with van der Waals surface area (Å²) in [5.41, 5.74) is 2.27. The van der Waals surface area contributed by atoms with Crippen LogP contribution in [0.4, 0.5) is 0 Å². The highest BCUT2D eigenvalue weighted by Gasteiger charge is 2.21. The smallest absolute Gasteiger partial charge is 0.127 e. The highest BCUT2D eigenvalue weighted by Crippen LogP contribution is 2.32. The second-order valence-corrected chi connectivity index (χ2v) is 5.76. The average Bonchev–Trinajstić information content (AvgIpc) is 2.73. The minimum atomic E-state index is -0.0669. The molecule has 1 N–H and O–H groups in total. The Balaban J connectivity index is 2.10. The standard InChI is InChI=1S/C14H20ClNO2/c1-14(2,9-17-3)16-8-11-7-12(15)6-10-4-5-18-13(10)11/h6-7,16H,4-5,8-9H2,1-3H3. The second-order valence-electron chi connectivity index (χ2n) is 5.32. The molecule has 3 nitrogen and oxygen atoms in total. The molecule has 0 amide bonds. The Morgan fingerprint density at radius 1 is 1.44 bits per heavy atom. The molecule has 1 aliphatic rings. The summed E-state index contributed by atoms with van der Waals surface area (Å²) in [6.45, 7) is 6.38. The first-order valence-corrected chi connectivity index (χ1v) is 6.58. The number of nitrogens with one attached hydrogen (secondary N) is 1. The second kappa shape index (κ2) is 5.47. The summed E-state index contributed by atoms with van der Waals surface area (Å²) in [4.78, 5) is 0. The summed E-state index contributed by atoms with van der Waals surface area (Å²) in [6, 6.07) is 3.97. The normalized spacial score (nSPS) is 14.4. The van der Waals surface area contributed by atoms with Gasteiger partial charge in [-0.15, -0.1) is 0 Å². The summed E-state index contributed by atoms with van der Waals surface area (Å²) in [5.74, 6) is 1.00. The van der Waals surface area contributed by atoms with Crippen LogP contribution in [-0.2, 0) is 17.7 Å². The first-order chi connectivity index (χ1) is 8.52. The zero-order valence-corrected chi connectivity index (χ0v) is 11.9. The molecule has 0 atom stereocenters. The Labute approximate surface area is 113 Å². The van der Waals surface area contributed by atoms with Crippen LogP contribution >= 0.6 is 11.6 Å². The largest absolute Gasteiger partial charge is 0.493 e. The zero-order chi connectivity index (χ0) is 13.2. The van der Waals surface area contributed by atoms with Crippen LogP contribution in [0.2, 0.25) is 5.02 Å². The number of methoxy groups -OCH3 is 1. The predicted molar refractivity (Wildman–Crippen MR) is 73.4 cm³/mol. The SMILES string of the molecule is COCC(C)(C)NCc1cc(Cl)cc2c1OCC2. The van der Waals surface area contributed by atoms with Gasteiger partial charge in [-0.2, -0.15) is 0 Å².